The molecular weight excluding hydrogens is 695 g/mol. The van der Waals surface area contributed by atoms with Crippen LogP contribution in [0.1, 0.15) is 22.4 Å². The molecule has 0 saturated heterocycles. The molecule has 1 aromatic heterocycles. The minimum absolute atomic E-state index is 0.769. The number of nitrogens with zero attached hydrogens (tertiary/aromatic N) is 1. The van der Waals surface area contributed by atoms with E-state index in [0.717, 1.165) is 39.6 Å². The van der Waals surface area contributed by atoms with Crippen LogP contribution in [0.25, 0.3) is 16.8 Å². The number of benzene rings is 8. The van der Waals surface area contributed by atoms with Gasteiger partial charge in [-0.3, -0.25) is 0 Å². The standard InChI is InChI=1S/C53H39NOSi/c1-8-24-40(25-9-1)49-50-51(53(41-26-10-2-11-27-41,42-28-12-3-13-29-42)47-38-22-23-39-48(47)55-50)54(43-30-14-4-15-31-43)52(49)56(44-32-16-5-17-33-44,45-34-18-6-19-35-45)46-36-20-7-21-37-46/h1-39H. The average Bonchev–Trinajstić information content (AvgIpc) is 3.63. The fraction of sp³-hybridized carbons (Fsp3) is 0.0189. The lowest BCUT2D eigenvalue weighted by Gasteiger charge is -2.42. The quantitative estimate of drug-likeness (QED) is 0.112. The first kappa shape index (κ1) is 33.6. The molecule has 0 unspecified atom stereocenters. The summed E-state index contributed by atoms with van der Waals surface area (Å²) < 4.78 is 10.1. The van der Waals surface area contributed by atoms with E-state index in [-0.39, 0.29) is 0 Å². The molecule has 8 aromatic carbocycles. The van der Waals surface area contributed by atoms with Gasteiger partial charge in [0.2, 0.25) is 8.07 Å². The van der Waals surface area contributed by atoms with E-state index in [1.54, 1.807) is 0 Å². The summed E-state index contributed by atoms with van der Waals surface area (Å²) in [5.74, 6) is 1.73. The highest BCUT2D eigenvalue weighted by atomic mass is 28.3. The normalized spacial score (nSPS) is 12.9. The second-order valence-electron chi connectivity index (χ2n) is 14.4. The van der Waals surface area contributed by atoms with E-state index in [0.29, 0.717) is 0 Å². The fourth-order valence-corrected chi connectivity index (χ4v) is 14.4. The van der Waals surface area contributed by atoms with E-state index in [9.17, 15) is 0 Å². The van der Waals surface area contributed by atoms with E-state index >= 15 is 0 Å². The van der Waals surface area contributed by atoms with Gasteiger partial charge < -0.3 is 9.30 Å². The summed E-state index contributed by atoms with van der Waals surface area (Å²) in [7, 11) is -3.25. The predicted octanol–water partition coefficient (Wildman–Crippen LogP) is 10.0. The molecule has 56 heavy (non-hydrogen) atoms. The predicted molar refractivity (Wildman–Crippen MR) is 233 cm³/mol. The molecule has 0 radical (unpaired) electrons. The van der Waals surface area contributed by atoms with Crippen molar-refractivity contribution in [2.45, 2.75) is 5.41 Å². The Morgan fingerprint density at radius 3 is 1.27 bits per heavy atom. The Balaban J connectivity index is 1.53. The number of rotatable bonds is 8. The summed E-state index contributed by atoms with van der Waals surface area (Å²) in [5.41, 5.74) is 7.09. The fourth-order valence-electron chi connectivity index (χ4n) is 9.26. The Kier molecular flexibility index (Phi) is 8.43. The first-order valence-corrected chi connectivity index (χ1v) is 21.3. The highest BCUT2D eigenvalue weighted by molar-refractivity contribution is 7.20. The third-order valence-electron chi connectivity index (χ3n) is 11.5. The van der Waals surface area contributed by atoms with Gasteiger partial charge in [-0.05, 0) is 50.4 Å². The number of hydrogen-bond donors (Lipinski definition) is 0. The first-order valence-electron chi connectivity index (χ1n) is 19.3. The van der Waals surface area contributed by atoms with Crippen LogP contribution in [0.5, 0.6) is 11.5 Å². The zero-order valence-corrected chi connectivity index (χ0v) is 31.9. The van der Waals surface area contributed by atoms with Gasteiger partial charge in [-0.25, -0.2) is 0 Å². The molecule has 10 rings (SSSR count). The van der Waals surface area contributed by atoms with Crippen molar-refractivity contribution in [1.82, 2.24) is 4.57 Å². The Morgan fingerprint density at radius 2 is 0.786 bits per heavy atom. The number of para-hydroxylation sites is 2. The molecule has 0 aliphatic carbocycles. The summed E-state index contributed by atoms with van der Waals surface area (Å²) in [6.45, 7) is 0. The number of ether oxygens (including phenoxy) is 1. The SMILES string of the molecule is c1ccc(-c2c3c(n(-c4ccccc4)c2[Si](c2ccccc2)(c2ccccc2)c2ccccc2)C(c2ccccc2)(c2ccccc2)c2ccccc2O3)cc1. The molecule has 0 saturated carbocycles. The molecule has 2 nitrogen and oxygen atoms in total. The van der Waals surface area contributed by atoms with E-state index < -0.39 is 13.5 Å². The number of hydrogen-bond acceptors (Lipinski definition) is 1. The van der Waals surface area contributed by atoms with E-state index in [4.69, 9.17) is 4.74 Å². The summed E-state index contributed by atoms with van der Waals surface area (Å²) in [6.07, 6.45) is 0. The Hall–Kier alpha value is -6.94. The maximum atomic E-state index is 7.51. The molecule has 9 aromatic rings. The Morgan fingerprint density at radius 1 is 0.393 bits per heavy atom. The van der Waals surface area contributed by atoms with Crippen LogP contribution in [-0.2, 0) is 5.41 Å². The van der Waals surface area contributed by atoms with Crippen molar-refractivity contribution in [3.05, 3.63) is 259 Å². The second-order valence-corrected chi connectivity index (χ2v) is 18.1. The monoisotopic (exact) mass is 733 g/mol. The van der Waals surface area contributed by atoms with Gasteiger partial charge in [0, 0.05) is 22.1 Å². The van der Waals surface area contributed by atoms with Gasteiger partial charge in [-0.1, -0.05) is 218 Å². The molecule has 0 N–H and O–H groups in total. The zero-order valence-electron chi connectivity index (χ0n) is 30.9. The number of aromatic nitrogens is 1. The van der Waals surface area contributed by atoms with Crippen LogP contribution >= 0.6 is 0 Å². The molecule has 0 bridgehead atoms. The maximum Gasteiger partial charge on any atom is 0.200 e. The van der Waals surface area contributed by atoms with Crippen LogP contribution in [0.3, 0.4) is 0 Å². The lowest BCUT2D eigenvalue weighted by atomic mass is 9.65. The van der Waals surface area contributed by atoms with Crippen LogP contribution in [0, 0.1) is 0 Å². The molecule has 0 atom stereocenters. The van der Waals surface area contributed by atoms with Crippen LogP contribution in [-0.4, -0.2) is 12.6 Å². The summed E-state index contributed by atoms with van der Waals surface area (Å²) in [5, 5.41) is 5.13. The van der Waals surface area contributed by atoms with Crippen molar-refractivity contribution in [1.29, 1.82) is 0 Å². The van der Waals surface area contributed by atoms with E-state index in [1.807, 2.05) is 0 Å². The van der Waals surface area contributed by atoms with E-state index in [1.165, 1.54) is 32.0 Å². The lowest BCUT2D eigenvalue weighted by Crippen LogP contribution is -2.76. The molecule has 0 amide bonds. The lowest BCUT2D eigenvalue weighted by molar-refractivity contribution is 0.430. The summed E-state index contributed by atoms with van der Waals surface area (Å²) >= 11 is 0. The molecule has 0 spiro atoms. The van der Waals surface area contributed by atoms with Gasteiger partial charge in [0.1, 0.15) is 5.75 Å². The van der Waals surface area contributed by atoms with Crippen molar-refractivity contribution in [3.8, 4) is 28.3 Å². The minimum Gasteiger partial charge on any atom is -0.454 e. The molecule has 1 aliphatic heterocycles. The van der Waals surface area contributed by atoms with Gasteiger partial charge in [0.15, 0.2) is 5.75 Å². The van der Waals surface area contributed by atoms with Crippen LogP contribution in [0.4, 0.5) is 0 Å². The number of fused-ring (bicyclic) bond motifs is 2. The largest absolute Gasteiger partial charge is 0.454 e. The van der Waals surface area contributed by atoms with Crippen molar-refractivity contribution in [2.24, 2.45) is 0 Å². The van der Waals surface area contributed by atoms with Crippen molar-refractivity contribution >= 4 is 29.0 Å². The van der Waals surface area contributed by atoms with Gasteiger partial charge in [-0.2, -0.15) is 0 Å². The minimum atomic E-state index is -3.25. The molecule has 3 heteroatoms. The van der Waals surface area contributed by atoms with Crippen LogP contribution in [0.15, 0.2) is 237 Å². The highest BCUT2D eigenvalue weighted by Crippen LogP contribution is 2.58. The van der Waals surface area contributed by atoms with Gasteiger partial charge in [0.25, 0.3) is 0 Å². The first-order chi connectivity index (χ1) is 27.8. The van der Waals surface area contributed by atoms with Crippen molar-refractivity contribution < 1.29 is 4.74 Å². The van der Waals surface area contributed by atoms with Gasteiger partial charge in [0.05, 0.1) is 11.1 Å². The van der Waals surface area contributed by atoms with Crippen LogP contribution in [0.2, 0.25) is 0 Å². The topological polar surface area (TPSA) is 14.2 Å². The average molecular weight is 734 g/mol. The third kappa shape index (κ3) is 5.09. The van der Waals surface area contributed by atoms with Crippen LogP contribution < -0.4 is 25.6 Å². The molecule has 266 valence electrons. The molecule has 1 aliphatic rings. The summed E-state index contributed by atoms with van der Waals surface area (Å²) in [6, 6.07) is 86.3. The zero-order chi connectivity index (χ0) is 37.4. The molecular formula is C53H39NOSi. The smallest absolute Gasteiger partial charge is 0.200 e. The van der Waals surface area contributed by atoms with Crippen molar-refractivity contribution in [2.75, 3.05) is 0 Å². The highest BCUT2D eigenvalue weighted by Gasteiger charge is 2.54. The second kappa shape index (κ2) is 14.0. The maximum absolute atomic E-state index is 7.51. The molecule has 0 fully saturated rings. The Labute approximate surface area is 329 Å². The van der Waals surface area contributed by atoms with Crippen molar-refractivity contribution in [3.63, 3.8) is 0 Å². The van der Waals surface area contributed by atoms with Gasteiger partial charge in [-0.15, -0.1) is 0 Å². The third-order valence-corrected chi connectivity index (χ3v) is 16.2. The van der Waals surface area contributed by atoms with E-state index in [2.05, 4.69) is 241 Å². The summed E-state index contributed by atoms with van der Waals surface area (Å²) in [4.78, 5) is 0. The van der Waals surface area contributed by atoms with Gasteiger partial charge >= 0.3 is 0 Å². The Bertz CT molecular complexity index is 2600. The molecule has 2 heterocycles.